The quantitative estimate of drug-likeness (QED) is 0.707. The number of H-pyrrole nitrogens is 1. The number of rotatable bonds is 6. The van der Waals surface area contributed by atoms with Gasteiger partial charge in [0.1, 0.15) is 5.82 Å². The lowest BCUT2D eigenvalue weighted by molar-refractivity contribution is -0.121. The summed E-state index contributed by atoms with van der Waals surface area (Å²) in [7, 11) is 0. The van der Waals surface area contributed by atoms with Crippen molar-refractivity contribution in [1.29, 1.82) is 0 Å². The van der Waals surface area contributed by atoms with E-state index in [-0.39, 0.29) is 23.9 Å². The van der Waals surface area contributed by atoms with E-state index in [0.717, 1.165) is 5.56 Å². The van der Waals surface area contributed by atoms with E-state index in [1.807, 2.05) is 42.6 Å². The van der Waals surface area contributed by atoms with Crippen molar-refractivity contribution in [3.05, 3.63) is 81.8 Å². The van der Waals surface area contributed by atoms with Gasteiger partial charge in [0.15, 0.2) is 0 Å². The average molecular weight is 351 g/mol. The standard InChI is InChI=1S/C19H21N5O2/c1-13-16(19(26)22-14(2)21-13)11-18(25)23-17(12-24-10-6-9-20-24)15-7-4-3-5-8-15/h3-10,17H,11-12H2,1-2H3,(H,23,25)(H,21,22,26)/t17-/m0/s1. The molecule has 3 rings (SSSR count). The van der Waals surface area contributed by atoms with Crippen molar-refractivity contribution in [3.8, 4) is 0 Å². The molecule has 0 aliphatic heterocycles. The summed E-state index contributed by atoms with van der Waals surface area (Å²) in [4.78, 5) is 31.6. The van der Waals surface area contributed by atoms with E-state index in [0.29, 0.717) is 23.6 Å². The van der Waals surface area contributed by atoms with Gasteiger partial charge in [0.2, 0.25) is 5.91 Å². The van der Waals surface area contributed by atoms with Crippen LogP contribution in [0, 0.1) is 13.8 Å². The molecule has 2 heterocycles. The van der Waals surface area contributed by atoms with E-state index < -0.39 is 0 Å². The third-order valence-corrected chi connectivity index (χ3v) is 4.14. The van der Waals surface area contributed by atoms with Gasteiger partial charge in [-0.1, -0.05) is 30.3 Å². The molecule has 0 fully saturated rings. The highest BCUT2D eigenvalue weighted by Crippen LogP contribution is 2.15. The zero-order valence-electron chi connectivity index (χ0n) is 14.8. The van der Waals surface area contributed by atoms with Crippen LogP contribution in [0.1, 0.15) is 28.7 Å². The first-order chi connectivity index (χ1) is 12.5. The van der Waals surface area contributed by atoms with Crippen LogP contribution in [0.5, 0.6) is 0 Å². The minimum absolute atomic E-state index is 0.0170. The van der Waals surface area contributed by atoms with E-state index in [9.17, 15) is 9.59 Å². The average Bonchev–Trinajstić information content (AvgIpc) is 3.11. The van der Waals surface area contributed by atoms with Crippen molar-refractivity contribution in [2.24, 2.45) is 0 Å². The first-order valence-electron chi connectivity index (χ1n) is 8.41. The Kier molecular flexibility index (Phi) is 5.26. The molecule has 26 heavy (non-hydrogen) atoms. The number of benzene rings is 1. The van der Waals surface area contributed by atoms with Crippen LogP contribution in [0.2, 0.25) is 0 Å². The van der Waals surface area contributed by atoms with Crippen molar-refractivity contribution in [3.63, 3.8) is 0 Å². The molecule has 1 atom stereocenters. The van der Waals surface area contributed by atoms with Gasteiger partial charge in [0.25, 0.3) is 5.56 Å². The minimum Gasteiger partial charge on any atom is -0.347 e. The minimum atomic E-state index is -0.270. The first-order valence-corrected chi connectivity index (χ1v) is 8.41. The van der Waals surface area contributed by atoms with Gasteiger partial charge in [-0.2, -0.15) is 5.10 Å². The third kappa shape index (κ3) is 4.24. The number of hydrogen-bond donors (Lipinski definition) is 2. The van der Waals surface area contributed by atoms with Crippen molar-refractivity contribution < 1.29 is 4.79 Å². The molecule has 0 saturated heterocycles. The van der Waals surface area contributed by atoms with Gasteiger partial charge >= 0.3 is 0 Å². The molecule has 1 amide bonds. The van der Waals surface area contributed by atoms with Crippen LogP contribution in [0.25, 0.3) is 0 Å². The summed E-state index contributed by atoms with van der Waals surface area (Å²) in [5.41, 5.74) is 1.67. The molecule has 2 aromatic heterocycles. The maximum absolute atomic E-state index is 12.6. The highest BCUT2D eigenvalue weighted by atomic mass is 16.2. The second-order valence-electron chi connectivity index (χ2n) is 6.15. The fourth-order valence-corrected chi connectivity index (χ4v) is 2.88. The predicted octanol–water partition coefficient (Wildman–Crippen LogP) is 1.68. The van der Waals surface area contributed by atoms with Crippen LogP contribution < -0.4 is 10.9 Å². The van der Waals surface area contributed by atoms with E-state index in [1.54, 1.807) is 24.7 Å². The number of nitrogens with one attached hydrogen (secondary N) is 2. The van der Waals surface area contributed by atoms with Gasteiger partial charge in [-0.05, 0) is 25.5 Å². The maximum Gasteiger partial charge on any atom is 0.254 e. The van der Waals surface area contributed by atoms with Crippen LogP contribution in [0.3, 0.4) is 0 Å². The van der Waals surface area contributed by atoms with E-state index in [4.69, 9.17) is 0 Å². The van der Waals surface area contributed by atoms with Crippen molar-refractivity contribution in [2.75, 3.05) is 0 Å². The highest BCUT2D eigenvalue weighted by Gasteiger charge is 2.18. The molecule has 0 bridgehead atoms. The van der Waals surface area contributed by atoms with Crippen molar-refractivity contribution >= 4 is 5.91 Å². The molecule has 7 nitrogen and oxygen atoms in total. The summed E-state index contributed by atoms with van der Waals surface area (Å²) in [6.07, 6.45) is 3.53. The van der Waals surface area contributed by atoms with Gasteiger partial charge in [0.05, 0.1) is 19.0 Å². The second kappa shape index (κ2) is 7.77. The Labute approximate surface area is 151 Å². The van der Waals surface area contributed by atoms with Crippen LogP contribution >= 0.6 is 0 Å². The van der Waals surface area contributed by atoms with Crippen molar-refractivity contribution in [1.82, 2.24) is 25.1 Å². The van der Waals surface area contributed by atoms with E-state index >= 15 is 0 Å². The molecule has 0 radical (unpaired) electrons. The molecule has 0 unspecified atom stereocenters. The van der Waals surface area contributed by atoms with Gasteiger partial charge < -0.3 is 10.3 Å². The first kappa shape index (κ1) is 17.6. The maximum atomic E-state index is 12.6. The van der Waals surface area contributed by atoms with Gasteiger partial charge in [-0.15, -0.1) is 0 Å². The molecular formula is C19H21N5O2. The lowest BCUT2D eigenvalue weighted by Gasteiger charge is -2.19. The zero-order chi connectivity index (χ0) is 18.5. The Balaban J connectivity index is 1.78. The Morgan fingerprint density at radius 1 is 1.23 bits per heavy atom. The van der Waals surface area contributed by atoms with Crippen LogP contribution in [0.4, 0.5) is 0 Å². The van der Waals surface area contributed by atoms with Crippen LogP contribution in [-0.4, -0.2) is 25.7 Å². The lowest BCUT2D eigenvalue weighted by Crippen LogP contribution is -2.34. The topological polar surface area (TPSA) is 92.7 Å². The van der Waals surface area contributed by atoms with Gasteiger partial charge in [-0.3, -0.25) is 14.3 Å². The number of aryl methyl sites for hydroxylation is 2. The van der Waals surface area contributed by atoms with E-state index in [2.05, 4.69) is 20.4 Å². The summed E-state index contributed by atoms with van der Waals surface area (Å²) in [5.74, 6) is 0.308. The molecule has 3 aromatic rings. The largest absolute Gasteiger partial charge is 0.347 e. The van der Waals surface area contributed by atoms with Crippen molar-refractivity contribution in [2.45, 2.75) is 32.9 Å². The molecule has 0 aliphatic carbocycles. The number of amides is 1. The summed E-state index contributed by atoms with van der Waals surface area (Å²) in [6, 6.07) is 11.3. The Hall–Kier alpha value is -3.22. The van der Waals surface area contributed by atoms with Gasteiger partial charge in [0, 0.05) is 23.7 Å². The number of aromatic amines is 1. The fraction of sp³-hybridized carbons (Fsp3) is 0.263. The molecular weight excluding hydrogens is 330 g/mol. The molecule has 0 saturated carbocycles. The Morgan fingerprint density at radius 2 is 2.00 bits per heavy atom. The normalized spacial score (nSPS) is 11.9. The van der Waals surface area contributed by atoms with E-state index in [1.165, 1.54) is 0 Å². The number of carbonyl (C=O) groups excluding carboxylic acids is 1. The fourth-order valence-electron chi connectivity index (χ4n) is 2.88. The number of hydrogen-bond acceptors (Lipinski definition) is 4. The predicted molar refractivity (Wildman–Crippen MR) is 97.6 cm³/mol. The Morgan fingerprint density at radius 3 is 2.65 bits per heavy atom. The molecule has 134 valence electrons. The molecule has 0 spiro atoms. The van der Waals surface area contributed by atoms with Crippen LogP contribution in [-0.2, 0) is 17.8 Å². The number of carbonyl (C=O) groups is 1. The zero-order valence-corrected chi connectivity index (χ0v) is 14.8. The Bertz CT molecular complexity index is 932. The summed E-state index contributed by atoms with van der Waals surface area (Å²) in [6.45, 7) is 3.96. The SMILES string of the molecule is Cc1nc(C)c(CC(=O)N[C@@H](Cn2cccn2)c2ccccc2)c(=O)[nH]1. The highest BCUT2D eigenvalue weighted by molar-refractivity contribution is 5.79. The van der Waals surface area contributed by atoms with Gasteiger partial charge in [-0.25, -0.2) is 4.98 Å². The summed E-state index contributed by atoms with van der Waals surface area (Å²) in [5, 5.41) is 7.22. The summed E-state index contributed by atoms with van der Waals surface area (Å²) < 4.78 is 1.77. The second-order valence-corrected chi connectivity index (χ2v) is 6.15. The monoisotopic (exact) mass is 351 g/mol. The number of nitrogens with zero attached hydrogens (tertiary/aromatic N) is 3. The molecule has 2 N–H and O–H groups in total. The number of aromatic nitrogens is 4. The molecule has 0 aliphatic rings. The lowest BCUT2D eigenvalue weighted by atomic mass is 10.1. The molecule has 1 aromatic carbocycles. The molecule has 7 heteroatoms. The third-order valence-electron chi connectivity index (χ3n) is 4.14. The smallest absolute Gasteiger partial charge is 0.254 e. The summed E-state index contributed by atoms with van der Waals surface area (Å²) >= 11 is 0. The van der Waals surface area contributed by atoms with Crippen LogP contribution in [0.15, 0.2) is 53.6 Å².